The van der Waals surface area contributed by atoms with Crippen LogP contribution in [0.3, 0.4) is 0 Å². The fourth-order valence-electron chi connectivity index (χ4n) is 0.537. The normalized spacial score (nSPS) is 15.7. The van der Waals surface area contributed by atoms with E-state index in [0.29, 0.717) is 0 Å². The van der Waals surface area contributed by atoms with E-state index in [1.807, 2.05) is 0 Å². The third kappa shape index (κ3) is 4.04. The number of Topliss-reactive ketones (excluding diaryl/α,β-unsaturated/α-hetero) is 1. The van der Waals surface area contributed by atoms with Gasteiger partial charge in [0.1, 0.15) is 6.61 Å². The summed E-state index contributed by atoms with van der Waals surface area (Å²) in [5.41, 5.74) is -3.12. The first-order chi connectivity index (χ1) is 6.63. The van der Waals surface area contributed by atoms with Crippen molar-refractivity contribution >= 4 is 19.6 Å². The zero-order chi connectivity index (χ0) is 12.3. The summed E-state index contributed by atoms with van der Waals surface area (Å²) in [6, 6.07) is 0. The van der Waals surface area contributed by atoms with Crippen LogP contribution in [0.4, 0.5) is 0 Å². The molecule has 0 aromatic heterocycles. The standard InChI is InChI=1S/C5H9O9P/c6-2-5(10,4(8)9)3(7)1-14-15(11,12)13/h6,10H,1-2H2,(H,8,9)(H2,11,12,13)/t5-/m1/s1. The lowest BCUT2D eigenvalue weighted by atomic mass is 10.0. The Morgan fingerprint density at radius 3 is 2.07 bits per heavy atom. The van der Waals surface area contributed by atoms with E-state index in [2.05, 4.69) is 4.52 Å². The van der Waals surface area contributed by atoms with Crippen molar-refractivity contribution in [2.75, 3.05) is 13.2 Å². The second-order valence-electron chi connectivity index (χ2n) is 2.51. The van der Waals surface area contributed by atoms with Crippen LogP contribution < -0.4 is 0 Å². The zero-order valence-corrected chi connectivity index (χ0v) is 8.12. The van der Waals surface area contributed by atoms with Crippen molar-refractivity contribution in [2.24, 2.45) is 0 Å². The van der Waals surface area contributed by atoms with Crippen LogP contribution in [0.15, 0.2) is 0 Å². The van der Waals surface area contributed by atoms with Crippen LogP contribution in [0.5, 0.6) is 0 Å². The summed E-state index contributed by atoms with van der Waals surface area (Å²) in [5, 5.41) is 25.8. The molecule has 1 atom stereocenters. The van der Waals surface area contributed by atoms with Gasteiger partial charge in [-0.1, -0.05) is 0 Å². The smallest absolute Gasteiger partial charge is 0.470 e. The van der Waals surface area contributed by atoms with E-state index in [0.717, 1.165) is 0 Å². The van der Waals surface area contributed by atoms with Gasteiger partial charge in [0.05, 0.1) is 6.61 Å². The lowest BCUT2D eigenvalue weighted by Gasteiger charge is -2.18. The molecule has 0 heterocycles. The SMILES string of the molecule is O=C(O)[C@@](O)(CO)C(=O)COP(=O)(O)O. The van der Waals surface area contributed by atoms with Gasteiger partial charge in [0.25, 0.3) is 0 Å². The Morgan fingerprint density at radius 1 is 1.33 bits per heavy atom. The summed E-state index contributed by atoms with van der Waals surface area (Å²) in [7, 11) is -4.94. The van der Waals surface area contributed by atoms with Crippen molar-refractivity contribution in [3.05, 3.63) is 0 Å². The highest BCUT2D eigenvalue weighted by molar-refractivity contribution is 7.46. The summed E-state index contributed by atoms with van der Waals surface area (Å²) in [6.07, 6.45) is 0. The number of aliphatic hydroxyl groups is 2. The number of hydrogen-bond donors (Lipinski definition) is 5. The van der Waals surface area contributed by atoms with Gasteiger partial charge in [0, 0.05) is 0 Å². The number of rotatable bonds is 6. The van der Waals surface area contributed by atoms with E-state index in [4.69, 9.17) is 25.1 Å². The highest BCUT2D eigenvalue weighted by Crippen LogP contribution is 2.35. The van der Waals surface area contributed by atoms with Gasteiger partial charge in [-0.15, -0.1) is 0 Å². The van der Waals surface area contributed by atoms with Gasteiger partial charge in [-0.3, -0.25) is 9.32 Å². The van der Waals surface area contributed by atoms with Gasteiger partial charge in [0.15, 0.2) is 0 Å². The van der Waals surface area contributed by atoms with Gasteiger partial charge >= 0.3 is 13.8 Å². The monoisotopic (exact) mass is 244 g/mol. The third-order valence-electron chi connectivity index (χ3n) is 1.41. The number of hydrogen-bond acceptors (Lipinski definition) is 6. The van der Waals surface area contributed by atoms with E-state index in [1.165, 1.54) is 0 Å². The molecule has 88 valence electrons. The molecule has 9 nitrogen and oxygen atoms in total. The first-order valence-electron chi connectivity index (χ1n) is 3.43. The second-order valence-corrected chi connectivity index (χ2v) is 3.75. The van der Waals surface area contributed by atoms with Crippen LogP contribution >= 0.6 is 7.82 Å². The van der Waals surface area contributed by atoms with Crippen LogP contribution in [0, 0.1) is 0 Å². The van der Waals surface area contributed by atoms with Gasteiger partial charge in [-0.2, -0.15) is 0 Å². The molecule has 5 N–H and O–H groups in total. The highest BCUT2D eigenvalue weighted by Gasteiger charge is 2.44. The number of carboxylic acids is 1. The van der Waals surface area contributed by atoms with Gasteiger partial charge in [0.2, 0.25) is 11.4 Å². The minimum Gasteiger partial charge on any atom is -0.479 e. The second kappa shape index (κ2) is 4.79. The largest absolute Gasteiger partial charge is 0.479 e. The topological polar surface area (TPSA) is 162 Å². The average molecular weight is 244 g/mol. The first kappa shape index (κ1) is 14.2. The molecule has 0 saturated heterocycles. The van der Waals surface area contributed by atoms with Crippen LogP contribution in [-0.4, -0.2) is 55.7 Å². The molecule has 15 heavy (non-hydrogen) atoms. The number of carbonyl (C=O) groups is 2. The summed E-state index contributed by atoms with van der Waals surface area (Å²) in [6.45, 7) is -2.75. The van der Waals surface area contributed by atoms with Crippen molar-refractivity contribution in [1.82, 2.24) is 0 Å². The number of carboxylic acid groups (broad SMARTS) is 1. The fraction of sp³-hybridized carbons (Fsp3) is 0.600. The molecule has 0 aromatic carbocycles. The van der Waals surface area contributed by atoms with Crippen LogP contribution in [0.25, 0.3) is 0 Å². The maximum Gasteiger partial charge on any atom is 0.470 e. The molecule has 0 bridgehead atoms. The number of phosphoric ester groups is 1. The van der Waals surface area contributed by atoms with Crippen LogP contribution in [-0.2, 0) is 18.7 Å². The quantitative estimate of drug-likeness (QED) is 0.250. The molecular weight excluding hydrogens is 235 g/mol. The number of aliphatic carboxylic acids is 1. The van der Waals surface area contributed by atoms with Crippen molar-refractivity contribution in [2.45, 2.75) is 5.60 Å². The molecule has 0 aliphatic carbocycles. The van der Waals surface area contributed by atoms with Gasteiger partial charge < -0.3 is 25.1 Å². The van der Waals surface area contributed by atoms with E-state index in [-0.39, 0.29) is 0 Å². The predicted molar refractivity (Wildman–Crippen MR) is 42.7 cm³/mol. The predicted octanol–water partition coefficient (Wildman–Crippen LogP) is -2.53. The molecule has 0 aromatic rings. The Balaban J connectivity index is 4.56. The fourth-order valence-corrected chi connectivity index (χ4v) is 0.823. The average Bonchev–Trinajstić information content (AvgIpc) is 2.11. The minimum atomic E-state index is -4.94. The third-order valence-corrected chi connectivity index (χ3v) is 1.87. The summed E-state index contributed by atoms with van der Waals surface area (Å²) in [5.74, 6) is -3.61. The van der Waals surface area contributed by atoms with Crippen molar-refractivity contribution in [3.8, 4) is 0 Å². The van der Waals surface area contributed by atoms with Gasteiger partial charge in [-0.05, 0) is 0 Å². The highest BCUT2D eigenvalue weighted by atomic mass is 31.2. The molecular formula is C5H9O9P. The van der Waals surface area contributed by atoms with Crippen molar-refractivity contribution < 1.29 is 43.8 Å². The van der Waals surface area contributed by atoms with Crippen LogP contribution in [0.2, 0.25) is 0 Å². The van der Waals surface area contributed by atoms with Crippen molar-refractivity contribution in [3.63, 3.8) is 0 Å². The van der Waals surface area contributed by atoms with E-state index >= 15 is 0 Å². The minimum absolute atomic E-state index is 1.33. The first-order valence-corrected chi connectivity index (χ1v) is 4.96. The molecule has 0 spiro atoms. The van der Waals surface area contributed by atoms with E-state index in [1.54, 1.807) is 0 Å². The van der Waals surface area contributed by atoms with E-state index < -0.39 is 38.4 Å². The van der Waals surface area contributed by atoms with Crippen LogP contribution in [0.1, 0.15) is 0 Å². The molecule has 0 amide bonds. The number of phosphoric acid groups is 1. The maximum atomic E-state index is 10.9. The molecule has 0 rings (SSSR count). The summed E-state index contributed by atoms with van der Waals surface area (Å²) < 4.78 is 13.8. The Morgan fingerprint density at radius 2 is 1.80 bits per heavy atom. The molecule has 0 radical (unpaired) electrons. The van der Waals surface area contributed by atoms with Gasteiger partial charge in [-0.25, -0.2) is 9.36 Å². The Bertz CT molecular complexity index is 306. The number of carbonyl (C=O) groups excluding carboxylic acids is 1. The lowest BCUT2D eigenvalue weighted by Crippen LogP contribution is -2.51. The van der Waals surface area contributed by atoms with E-state index in [9.17, 15) is 14.2 Å². The Kier molecular flexibility index (Phi) is 4.53. The summed E-state index contributed by atoms with van der Waals surface area (Å²) in [4.78, 5) is 37.6. The number of aliphatic hydroxyl groups excluding tert-OH is 1. The molecule has 0 aliphatic heterocycles. The summed E-state index contributed by atoms with van der Waals surface area (Å²) >= 11 is 0. The maximum absolute atomic E-state index is 10.9. The lowest BCUT2D eigenvalue weighted by molar-refractivity contribution is -0.170. The number of ketones is 1. The molecule has 10 heteroatoms. The molecule has 0 fully saturated rings. The Labute approximate surface area is 83.2 Å². The molecule has 0 unspecified atom stereocenters. The van der Waals surface area contributed by atoms with Crippen molar-refractivity contribution in [1.29, 1.82) is 0 Å². The molecule has 0 saturated carbocycles. The Hall–Kier alpha value is -0.830. The molecule has 0 aliphatic rings. The zero-order valence-electron chi connectivity index (χ0n) is 7.23.